The van der Waals surface area contributed by atoms with Crippen molar-refractivity contribution < 1.29 is 14.6 Å². The van der Waals surface area contributed by atoms with Gasteiger partial charge in [-0.3, -0.25) is 4.79 Å². The van der Waals surface area contributed by atoms with Crippen molar-refractivity contribution in [2.75, 3.05) is 19.8 Å². The van der Waals surface area contributed by atoms with Crippen molar-refractivity contribution in [1.29, 1.82) is 0 Å². The molecule has 4 heteroatoms. The summed E-state index contributed by atoms with van der Waals surface area (Å²) in [4.78, 5) is 11.7. The fourth-order valence-electron chi connectivity index (χ4n) is 2.29. The van der Waals surface area contributed by atoms with Crippen molar-refractivity contribution in [3.05, 3.63) is 35.4 Å². The number of aliphatic hydroxyl groups excluding tert-OH is 1. The molecule has 2 rings (SSSR count). The second kappa shape index (κ2) is 7.84. The van der Waals surface area contributed by atoms with Crippen LogP contribution >= 0.6 is 0 Å². The average molecular weight is 289 g/mol. The van der Waals surface area contributed by atoms with Crippen LogP contribution in [0.3, 0.4) is 0 Å². The van der Waals surface area contributed by atoms with Crippen LogP contribution in [0.5, 0.6) is 5.75 Å². The van der Waals surface area contributed by atoms with Gasteiger partial charge in [-0.15, -0.1) is 0 Å². The largest absolute Gasteiger partial charge is 0.493 e. The Bertz CT molecular complexity index is 511. The zero-order valence-electron chi connectivity index (χ0n) is 12.5. The second-order valence-corrected chi connectivity index (χ2v) is 5.52. The van der Waals surface area contributed by atoms with Gasteiger partial charge in [-0.2, -0.15) is 0 Å². The van der Waals surface area contributed by atoms with Crippen LogP contribution in [0.1, 0.15) is 30.9 Å². The second-order valence-electron chi connectivity index (χ2n) is 5.52. The van der Waals surface area contributed by atoms with Crippen LogP contribution in [0.2, 0.25) is 0 Å². The number of nitrogens with one attached hydrogen (secondary N) is 1. The van der Waals surface area contributed by atoms with Gasteiger partial charge in [0, 0.05) is 25.6 Å². The van der Waals surface area contributed by atoms with Crippen molar-refractivity contribution >= 4 is 12.0 Å². The maximum atomic E-state index is 11.7. The van der Waals surface area contributed by atoms with Gasteiger partial charge in [0.2, 0.25) is 5.91 Å². The lowest BCUT2D eigenvalue weighted by Gasteiger charge is -2.07. The number of ether oxygens (including phenoxy) is 1. The van der Waals surface area contributed by atoms with Crippen LogP contribution in [0.4, 0.5) is 0 Å². The molecule has 0 aliphatic carbocycles. The van der Waals surface area contributed by atoms with Crippen molar-refractivity contribution in [2.24, 2.45) is 5.92 Å². The maximum absolute atomic E-state index is 11.7. The molecule has 0 radical (unpaired) electrons. The Labute approximate surface area is 125 Å². The zero-order valence-corrected chi connectivity index (χ0v) is 12.5. The molecule has 1 aromatic rings. The van der Waals surface area contributed by atoms with E-state index in [1.54, 1.807) is 6.08 Å². The minimum atomic E-state index is -0.0802. The first-order valence-electron chi connectivity index (χ1n) is 7.51. The van der Waals surface area contributed by atoms with Gasteiger partial charge in [-0.1, -0.05) is 13.0 Å². The summed E-state index contributed by atoms with van der Waals surface area (Å²) in [6, 6.07) is 5.97. The third-order valence-electron chi connectivity index (χ3n) is 3.63. The van der Waals surface area contributed by atoms with Gasteiger partial charge in [-0.05, 0) is 48.1 Å². The molecule has 0 fully saturated rings. The molecular weight excluding hydrogens is 266 g/mol. The van der Waals surface area contributed by atoms with Crippen LogP contribution in [0.25, 0.3) is 6.08 Å². The summed E-state index contributed by atoms with van der Waals surface area (Å²) in [6.45, 7) is 3.59. The molecule has 1 aromatic carbocycles. The molecule has 1 aliphatic heterocycles. The predicted molar refractivity (Wildman–Crippen MR) is 83.2 cm³/mol. The van der Waals surface area contributed by atoms with E-state index >= 15 is 0 Å². The molecule has 21 heavy (non-hydrogen) atoms. The van der Waals surface area contributed by atoms with E-state index in [0.29, 0.717) is 12.5 Å². The summed E-state index contributed by atoms with van der Waals surface area (Å²) in [7, 11) is 0. The van der Waals surface area contributed by atoms with Crippen LogP contribution in [-0.4, -0.2) is 30.8 Å². The third-order valence-corrected chi connectivity index (χ3v) is 3.63. The van der Waals surface area contributed by atoms with E-state index in [1.165, 1.54) is 5.56 Å². The van der Waals surface area contributed by atoms with Gasteiger partial charge in [-0.25, -0.2) is 0 Å². The van der Waals surface area contributed by atoms with E-state index in [0.717, 1.165) is 37.2 Å². The van der Waals surface area contributed by atoms with Crippen LogP contribution in [-0.2, 0) is 11.2 Å². The first kappa shape index (κ1) is 15.6. The number of benzene rings is 1. The van der Waals surface area contributed by atoms with Crippen LogP contribution in [0, 0.1) is 5.92 Å². The lowest BCUT2D eigenvalue weighted by atomic mass is 10.1. The van der Waals surface area contributed by atoms with E-state index < -0.39 is 0 Å². The molecule has 1 heterocycles. The Morgan fingerprint density at radius 3 is 3.19 bits per heavy atom. The maximum Gasteiger partial charge on any atom is 0.243 e. The number of rotatable bonds is 7. The molecule has 114 valence electrons. The first-order chi connectivity index (χ1) is 10.2. The Balaban J connectivity index is 1.74. The highest BCUT2D eigenvalue weighted by molar-refractivity contribution is 5.91. The lowest BCUT2D eigenvalue weighted by molar-refractivity contribution is -0.116. The smallest absolute Gasteiger partial charge is 0.243 e. The number of amides is 1. The van der Waals surface area contributed by atoms with E-state index in [9.17, 15) is 4.79 Å². The molecule has 0 saturated carbocycles. The molecule has 0 saturated heterocycles. The number of hydrogen-bond acceptors (Lipinski definition) is 3. The fourth-order valence-corrected chi connectivity index (χ4v) is 2.29. The highest BCUT2D eigenvalue weighted by atomic mass is 16.5. The third kappa shape index (κ3) is 4.90. The normalized spacial score (nSPS) is 14.8. The number of carbonyl (C=O) groups is 1. The van der Waals surface area contributed by atoms with Gasteiger partial charge in [0.25, 0.3) is 0 Å². The minimum Gasteiger partial charge on any atom is -0.493 e. The van der Waals surface area contributed by atoms with Gasteiger partial charge < -0.3 is 15.2 Å². The molecule has 2 N–H and O–H groups in total. The summed E-state index contributed by atoms with van der Waals surface area (Å²) >= 11 is 0. The molecule has 0 aromatic heterocycles. The van der Waals surface area contributed by atoms with Gasteiger partial charge in [0.05, 0.1) is 6.61 Å². The van der Waals surface area contributed by atoms with Crippen LogP contribution < -0.4 is 10.1 Å². The van der Waals surface area contributed by atoms with Crippen molar-refractivity contribution in [1.82, 2.24) is 5.32 Å². The van der Waals surface area contributed by atoms with Crippen molar-refractivity contribution in [3.63, 3.8) is 0 Å². The van der Waals surface area contributed by atoms with Gasteiger partial charge >= 0.3 is 0 Å². The van der Waals surface area contributed by atoms with Crippen LogP contribution in [0.15, 0.2) is 24.3 Å². The first-order valence-corrected chi connectivity index (χ1v) is 7.51. The SMILES string of the molecule is CC(CO)CCCNC(=O)/C=C/c1ccc2c(c1)CCO2. The zero-order chi connectivity index (χ0) is 15.1. The molecular formula is C17H23NO3. The summed E-state index contributed by atoms with van der Waals surface area (Å²) in [5, 5.41) is 11.8. The molecule has 1 amide bonds. The molecule has 1 unspecified atom stereocenters. The number of hydrogen-bond donors (Lipinski definition) is 2. The quantitative estimate of drug-likeness (QED) is 0.597. The van der Waals surface area contributed by atoms with E-state index in [2.05, 4.69) is 11.4 Å². The van der Waals surface area contributed by atoms with E-state index in [1.807, 2.05) is 25.1 Å². The van der Waals surface area contributed by atoms with Crippen molar-refractivity contribution in [2.45, 2.75) is 26.2 Å². The Hall–Kier alpha value is -1.81. The highest BCUT2D eigenvalue weighted by Crippen LogP contribution is 2.26. The molecule has 1 atom stereocenters. The summed E-state index contributed by atoms with van der Waals surface area (Å²) in [5.74, 6) is 1.17. The van der Waals surface area contributed by atoms with E-state index in [4.69, 9.17) is 9.84 Å². The molecule has 0 bridgehead atoms. The summed E-state index contributed by atoms with van der Waals surface area (Å²) in [5.41, 5.74) is 2.22. The molecule has 4 nitrogen and oxygen atoms in total. The topological polar surface area (TPSA) is 58.6 Å². The fraction of sp³-hybridized carbons (Fsp3) is 0.471. The van der Waals surface area contributed by atoms with E-state index in [-0.39, 0.29) is 12.5 Å². The number of carbonyl (C=O) groups excluding carboxylic acids is 1. The van der Waals surface area contributed by atoms with Crippen molar-refractivity contribution in [3.8, 4) is 5.75 Å². The number of aliphatic hydroxyl groups is 1. The number of fused-ring (bicyclic) bond motifs is 1. The molecule has 1 aliphatic rings. The summed E-state index contributed by atoms with van der Waals surface area (Å²) in [6.07, 6.45) is 6.13. The highest BCUT2D eigenvalue weighted by Gasteiger charge is 2.11. The predicted octanol–water partition coefficient (Wildman–Crippen LogP) is 2.16. The van der Waals surface area contributed by atoms with Gasteiger partial charge in [0.1, 0.15) is 5.75 Å². The Morgan fingerprint density at radius 2 is 2.38 bits per heavy atom. The Kier molecular flexibility index (Phi) is 5.81. The monoisotopic (exact) mass is 289 g/mol. The Morgan fingerprint density at radius 1 is 1.52 bits per heavy atom. The molecule has 0 spiro atoms. The minimum absolute atomic E-state index is 0.0802. The standard InChI is InChI=1S/C17H23NO3/c1-13(12-19)3-2-9-18-17(20)7-5-14-4-6-16-15(11-14)8-10-21-16/h4-7,11,13,19H,2-3,8-10,12H2,1H3,(H,18,20)/b7-5+. The lowest BCUT2D eigenvalue weighted by Crippen LogP contribution is -2.22. The summed E-state index contributed by atoms with van der Waals surface area (Å²) < 4.78 is 5.45. The van der Waals surface area contributed by atoms with Gasteiger partial charge in [0.15, 0.2) is 0 Å². The average Bonchev–Trinajstić information content (AvgIpc) is 2.96.